The summed E-state index contributed by atoms with van der Waals surface area (Å²) < 4.78 is 10.4. The smallest absolute Gasteiger partial charge is 0.251 e. The molecule has 2 rings (SSSR count). The second-order valence-electron chi connectivity index (χ2n) is 5.49. The first-order chi connectivity index (χ1) is 9.37. The Morgan fingerprint density at radius 1 is 1.40 bits per heavy atom. The van der Waals surface area contributed by atoms with Crippen molar-refractivity contribution in [3.8, 4) is 11.5 Å². The van der Waals surface area contributed by atoms with Gasteiger partial charge in [0.25, 0.3) is 5.91 Å². The normalized spacial score (nSPS) is 16.1. The molecular weight excluding hydrogens is 260 g/mol. The Bertz CT molecular complexity index is 500. The first kappa shape index (κ1) is 14.6. The lowest BCUT2D eigenvalue weighted by atomic mass is 10.1. The maximum atomic E-state index is 12.0. The Balaban J connectivity index is 1.95. The number of hydrogen-bond donors (Lipinski definition) is 2. The summed E-state index contributed by atoms with van der Waals surface area (Å²) in [5.74, 6) is 0.959. The molecule has 1 amide bonds. The van der Waals surface area contributed by atoms with E-state index >= 15 is 0 Å². The van der Waals surface area contributed by atoms with Crippen molar-refractivity contribution >= 4 is 5.91 Å². The molecule has 1 aliphatic heterocycles. The van der Waals surface area contributed by atoms with E-state index in [0.717, 1.165) is 0 Å². The van der Waals surface area contributed by atoms with Crippen molar-refractivity contribution in [2.45, 2.75) is 12.5 Å². The number of nitrogens with zero attached hydrogens (tertiary/aromatic N) is 1. The minimum Gasteiger partial charge on any atom is -0.454 e. The van der Waals surface area contributed by atoms with E-state index in [-0.39, 0.29) is 19.2 Å². The third kappa shape index (κ3) is 3.61. The van der Waals surface area contributed by atoms with E-state index < -0.39 is 5.60 Å². The topological polar surface area (TPSA) is 71.0 Å². The molecule has 0 aromatic heterocycles. The largest absolute Gasteiger partial charge is 0.454 e. The van der Waals surface area contributed by atoms with Gasteiger partial charge in [-0.2, -0.15) is 0 Å². The molecular formula is C14H20N2O4. The van der Waals surface area contributed by atoms with Gasteiger partial charge in [-0.25, -0.2) is 0 Å². The first-order valence-electron chi connectivity index (χ1n) is 6.42. The SMILES string of the molecule is CN(C)CC(C)(O)CNC(=O)c1ccc2c(c1)OCO2. The minimum atomic E-state index is -0.977. The molecule has 1 aliphatic rings. The molecule has 0 radical (unpaired) electrons. The molecule has 1 heterocycles. The Morgan fingerprint density at radius 2 is 2.10 bits per heavy atom. The Kier molecular flexibility index (Phi) is 4.15. The monoisotopic (exact) mass is 280 g/mol. The van der Waals surface area contributed by atoms with Crippen molar-refractivity contribution in [1.82, 2.24) is 10.2 Å². The highest BCUT2D eigenvalue weighted by Crippen LogP contribution is 2.32. The van der Waals surface area contributed by atoms with Crippen LogP contribution in [0.25, 0.3) is 0 Å². The number of likely N-dealkylation sites (N-methyl/N-ethyl adjacent to an activating group) is 1. The molecule has 1 aromatic rings. The number of amides is 1. The fraction of sp³-hybridized carbons (Fsp3) is 0.500. The summed E-state index contributed by atoms with van der Waals surface area (Å²) in [6, 6.07) is 5.01. The van der Waals surface area contributed by atoms with Crippen molar-refractivity contribution in [3.05, 3.63) is 23.8 Å². The summed E-state index contributed by atoms with van der Waals surface area (Å²) in [6.45, 7) is 2.51. The predicted molar refractivity (Wildman–Crippen MR) is 74.1 cm³/mol. The molecule has 0 spiro atoms. The van der Waals surface area contributed by atoms with Gasteiger partial charge in [-0.05, 0) is 39.2 Å². The highest BCUT2D eigenvalue weighted by molar-refractivity contribution is 5.95. The fourth-order valence-electron chi connectivity index (χ4n) is 2.15. The van der Waals surface area contributed by atoms with Crippen LogP contribution >= 0.6 is 0 Å². The van der Waals surface area contributed by atoms with Gasteiger partial charge in [0, 0.05) is 18.7 Å². The van der Waals surface area contributed by atoms with E-state index in [1.807, 2.05) is 19.0 Å². The molecule has 1 unspecified atom stereocenters. The van der Waals surface area contributed by atoms with Crippen LogP contribution in [0.5, 0.6) is 11.5 Å². The van der Waals surface area contributed by atoms with Gasteiger partial charge in [0.1, 0.15) is 0 Å². The maximum absolute atomic E-state index is 12.0. The van der Waals surface area contributed by atoms with Gasteiger partial charge in [-0.15, -0.1) is 0 Å². The highest BCUT2D eigenvalue weighted by atomic mass is 16.7. The van der Waals surface area contributed by atoms with Crippen LogP contribution in [0, 0.1) is 0 Å². The summed E-state index contributed by atoms with van der Waals surface area (Å²) in [7, 11) is 3.74. The standard InChI is InChI=1S/C14H20N2O4/c1-14(18,8-16(2)3)7-15-13(17)10-4-5-11-12(6-10)20-9-19-11/h4-6,18H,7-9H2,1-3H3,(H,15,17). The zero-order valence-corrected chi connectivity index (χ0v) is 12.0. The van der Waals surface area contributed by atoms with Gasteiger partial charge in [0.05, 0.1) is 5.60 Å². The lowest BCUT2D eigenvalue weighted by Crippen LogP contribution is -2.47. The van der Waals surface area contributed by atoms with Crippen molar-refractivity contribution in [2.75, 3.05) is 34.0 Å². The number of fused-ring (bicyclic) bond motifs is 1. The number of carbonyl (C=O) groups is 1. The minimum absolute atomic E-state index is 0.179. The predicted octanol–water partition coefficient (Wildman–Crippen LogP) is 0.458. The van der Waals surface area contributed by atoms with Crippen LogP contribution in [0.15, 0.2) is 18.2 Å². The second kappa shape index (κ2) is 5.68. The third-order valence-electron chi connectivity index (χ3n) is 2.92. The second-order valence-corrected chi connectivity index (χ2v) is 5.49. The number of carbonyl (C=O) groups excluding carboxylic acids is 1. The summed E-state index contributed by atoms with van der Waals surface area (Å²) in [5, 5.41) is 12.9. The summed E-state index contributed by atoms with van der Waals surface area (Å²) >= 11 is 0. The number of aliphatic hydroxyl groups is 1. The number of rotatable bonds is 5. The molecule has 110 valence electrons. The summed E-state index contributed by atoms with van der Waals surface area (Å²) in [5.41, 5.74) is -0.495. The highest BCUT2D eigenvalue weighted by Gasteiger charge is 2.23. The van der Waals surface area contributed by atoms with Crippen LogP contribution in [0.4, 0.5) is 0 Å². The zero-order valence-electron chi connectivity index (χ0n) is 12.0. The molecule has 2 N–H and O–H groups in total. The van der Waals surface area contributed by atoms with Crippen molar-refractivity contribution in [2.24, 2.45) is 0 Å². The average molecular weight is 280 g/mol. The number of nitrogens with one attached hydrogen (secondary N) is 1. The van der Waals surface area contributed by atoms with Crippen molar-refractivity contribution in [3.63, 3.8) is 0 Å². The zero-order chi connectivity index (χ0) is 14.8. The molecule has 1 aromatic carbocycles. The van der Waals surface area contributed by atoms with Crippen LogP contribution in [-0.2, 0) is 0 Å². The summed E-state index contributed by atoms with van der Waals surface area (Å²) in [6.07, 6.45) is 0. The van der Waals surface area contributed by atoms with Crippen molar-refractivity contribution in [1.29, 1.82) is 0 Å². The van der Waals surface area contributed by atoms with Crippen LogP contribution in [-0.4, -0.2) is 55.5 Å². The summed E-state index contributed by atoms with van der Waals surface area (Å²) in [4.78, 5) is 13.9. The van der Waals surface area contributed by atoms with Crippen molar-refractivity contribution < 1.29 is 19.4 Å². The first-order valence-corrected chi connectivity index (χ1v) is 6.42. The molecule has 6 nitrogen and oxygen atoms in total. The van der Waals surface area contributed by atoms with Crippen LogP contribution in [0.3, 0.4) is 0 Å². The fourth-order valence-corrected chi connectivity index (χ4v) is 2.15. The maximum Gasteiger partial charge on any atom is 0.251 e. The van der Waals surface area contributed by atoms with E-state index in [4.69, 9.17) is 9.47 Å². The van der Waals surface area contributed by atoms with Gasteiger partial charge in [-0.1, -0.05) is 0 Å². The molecule has 1 atom stereocenters. The van der Waals surface area contributed by atoms with Crippen LogP contribution in [0.2, 0.25) is 0 Å². The molecule has 0 saturated heterocycles. The lowest BCUT2D eigenvalue weighted by Gasteiger charge is -2.27. The molecule has 0 bridgehead atoms. The molecule has 0 aliphatic carbocycles. The van der Waals surface area contributed by atoms with Gasteiger partial charge < -0.3 is 24.8 Å². The van der Waals surface area contributed by atoms with Gasteiger partial charge in [0.15, 0.2) is 11.5 Å². The Labute approximate surface area is 118 Å². The van der Waals surface area contributed by atoms with Crippen LogP contribution < -0.4 is 14.8 Å². The molecule has 20 heavy (non-hydrogen) atoms. The quantitative estimate of drug-likeness (QED) is 0.820. The molecule has 0 saturated carbocycles. The number of benzene rings is 1. The lowest BCUT2D eigenvalue weighted by molar-refractivity contribution is 0.0326. The third-order valence-corrected chi connectivity index (χ3v) is 2.92. The molecule has 0 fully saturated rings. The molecule has 6 heteroatoms. The van der Waals surface area contributed by atoms with Gasteiger partial charge in [-0.3, -0.25) is 4.79 Å². The number of hydrogen-bond acceptors (Lipinski definition) is 5. The van der Waals surface area contributed by atoms with E-state index in [9.17, 15) is 9.90 Å². The van der Waals surface area contributed by atoms with Crippen LogP contribution in [0.1, 0.15) is 17.3 Å². The van der Waals surface area contributed by atoms with E-state index in [1.165, 1.54) is 0 Å². The van der Waals surface area contributed by atoms with E-state index in [1.54, 1.807) is 25.1 Å². The Morgan fingerprint density at radius 3 is 2.80 bits per heavy atom. The number of ether oxygens (including phenoxy) is 2. The van der Waals surface area contributed by atoms with Gasteiger partial charge in [0.2, 0.25) is 6.79 Å². The van der Waals surface area contributed by atoms with E-state index in [2.05, 4.69) is 5.32 Å². The average Bonchev–Trinajstić information content (AvgIpc) is 2.81. The van der Waals surface area contributed by atoms with E-state index in [0.29, 0.717) is 23.6 Å². The Hall–Kier alpha value is -1.79. The van der Waals surface area contributed by atoms with Gasteiger partial charge >= 0.3 is 0 Å².